The molecular formula is C13H21NO2S. The minimum Gasteiger partial charge on any atom is -0.497 e. The molecule has 1 aromatic rings. The van der Waals surface area contributed by atoms with Crippen LogP contribution in [0.2, 0.25) is 0 Å². The van der Waals surface area contributed by atoms with E-state index in [-0.39, 0.29) is 6.04 Å². The van der Waals surface area contributed by atoms with Gasteiger partial charge in [-0.1, -0.05) is 25.5 Å². The zero-order valence-electron chi connectivity index (χ0n) is 10.5. The number of benzene rings is 1. The fourth-order valence-corrected chi connectivity index (χ4v) is 2.91. The maximum atomic E-state index is 11.7. The average Bonchev–Trinajstić information content (AvgIpc) is 2.36. The number of methoxy groups -OCH3 is 1. The predicted octanol–water partition coefficient (Wildman–Crippen LogP) is 2.24. The summed E-state index contributed by atoms with van der Waals surface area (Å²) in [6, 6.07) is 7.47. The molecule has 1 aromatic carbocycles. The van der Waals surface area contributed by atoms with E-state index in [0.29, 0.717) is 5.75 Å². The van der Waals surface area contributed by atoms with Crippen molar-refractivity contribution in [2.75, 3.05) is 18.6 Å². The fourth-order valence-electron chi connectivity index (χ4n) is 1.54. The highest BCUT2D eigenvalue weighted by molar-refractivity contribution is 7.85. The first-order chi connectivity index (χ1) is 8.17. The topological polar surface area (TPSA) is 52.3 Å². The largest absolute Gasteiger partial charge is 0.497 e. The third kappa shape index (κ3) is 4.88. The number of ether oxygens (including phenoxy) is 1. The molecule has 0 aliphatic heterocycles. The number of hydrogen-bond donors (Lipinski definition) is 1. The van der Waals surface area contributed by atoms with Gasteiger partial charge in [0, 0.05) is 28.3 Å². The number of hydrogen-bond acceptors (Lipinski definition) is 3. The van der Waals surface area contributed by atoms with Crippen molar-refractivity contribution in [3.05, 3.63) is 29.8 Å². The predicted molar refractivity (Wildman–Crippen MR) is 72.7 cm³/mol. The quantitative estimate of drug-likeness (QED) is 0.813. The van der Waals surface area contributed by atoms with Gasteiger partial charge in [-0.15, -0.1) is 0 Å². The molecule has 0 saturated carbocycles. The Hall–Kier alpha value is -0.870. The lowest BCUT2D eigenvalue weighted by molar-refractivity contribution is 0.414. The second-order valence-corrected chi connectivity index (χ2v) is 5.67. The van der Waals surface area contributed by atoms with Crippen LogP contribution < -0.4 is 10.5 Å². The highest BCUT2D eigenvalue weighted by Gasteiger charge is 2.10. The minimum atomic E-state index is -0.814. The molecule has 0 bridgehead atoms. The van der Waals surface area contributed by atoms with Crippen molar-refractivity contribution < 1.29 is 8.95 Å². The van der Waals surface area contributed by atoms with Gasteiger partial charge in [0.2, 0.25) is 0 Å². The summed E-state index contributed by atoms with van der Waals surface area (Å²) in [5.41, 5.74) is 7.04. The zero-order valence-corrected chi connectivity index (χ0v) is 11.3. The van der Waals surface area contributed by atoms with Crippen LogP contribution in [-0.4, -0.2) is 22.8 Å². The van der Waals surface area contributed by atoms with E-state index in [0.717, 1.165) is 29.9 Å². The van der Waals surface area contributed by atoms with Gasteiger partial charge >= 0.3 is 0 Å². The Bertz CT molecular complexity index is 351. The molecule has 0 saturated heterocycles. The van der Waals surface area contributed by atoms with Gasteiger partial charge in [0.15, 0.2) is 0 Å². The van der Waals surface area contributed by atoms with Gasteiger partial charge in [-0.3, -0.25) is 4.21 Å². The summed E-state index contributed by atoms with van der Waals surface area (Å²) in [6.07, 6.45) is 2.07. The van der Waals surface area contributed by atoms with Crippen LogP contribution in [0.4, 0.5) is 0 Å². The Kier molecular flexibility index (Phi) is 6.22. The molecule has 0 amide bonds. The number of rotatable bonds is 7. The molecule has 0 spiro atoms. The molecular weight excluding hydrogens is 234 g/mol. The third-order valence-electron chi connectivity index (χ3n) is 2.63. The van der Waals surface area contributed by atoms with Gasteiger partial charge in [-0.05, 0) is 24.1 Å². The standard InChI is InChI=1S/C13H21NO2S/c1-3-4-9-17(15)10-13(14)11-5-7-12(16-2)8-6-11/h5-8,13H,3-4,9-10,14H2,1-2H3. The van der Waals surface area contributed by atoms with E-state index in [1.165, 1.54) is 0 Å². The van der Waals surface area contributed by atoms with Crippen LogP contribution in [0.1, 0.15) is 31.4 Å². The number of nitrogens with two attached hydrogens (primary N) is 1. The molecule has 96 valence electrons. The van der Waals surface area contributed by atoms with Gasteiger partial charge in [0.25, 0.3) is 0 Å². The first-order valence-corrected chi connectivity index (χ1v) is 7.40. The van der Waals surface area contributed by atoms with Crippen molar-refractivity contribution >= 4 is 10.8 Å². The van der Waals surface area contributed by atoms with E-state index in [4.69, 9.17) is 10.5 Å². The molecule has 4 heteroatoms. The molecule has 0 heterocycles. The molecule has 0 aliphatic rings. The minimum absolute atomic E-state index is 0.154. The van der Waals surface area contributed by atoms with Gasteiger partial charge in [0.05, 0.1) is 7.11 Å². The summed E-state index contributed by atoms with van der Waals surface area (Å²) in [6.45, 7) is 2.10. The Balaban J connectivity index is 2.51. The lowest BCUT2D eigenvalue weighted by Crippen LogP contribution is -2.19. The van der Waals surface area contributed by atoms with Crippen molar-refractivity contribution in [1.29, 1.82) is 0 Å². The first-order valence-electron chi connectivity index (χ1n) is 5.92. The van der Waals surface area contributed by atoms with Crippen molar-refractivity contribution in [2.45, 2.75) is 25.8 Å². The second kappa shape index (κ2) is 7.45. The molecule has 2 unspecified atom stereocenters. The summed E-state index contributed by atoms with van der Waals surface area (Å²) in [5.74, 6) is 2.10. The molecule has 0 fully saturated rings. The van der Waals surface area contributed by atoms with Crippen molar-refractivity contribution in [3.63, 3.8) is 0 Å². The summed E-state index contributed by atoms with van der Waals surface area (Å²) < 4.78 is 16.8. The third-order valence-corrected chi connectivity index (χ3v) is 4.11. The van der Waals surface area contributed by atoms with Crippen LogP contribution in [0.5, 0.6) is 5.75 Å². The van der Waals surface area contributed by atoms with Gasteiger partial charge in [0.1, 0.15) is 5.75 Å². The van der Waals surface area contributed by atoms with E-state index in [9.17, 15) is 4.21 Å². The van der Waals surface area contributed by atoms with Crippen molar-refractivity contribution in [1.82, 2.24) is 0 Å². The van der Waals surface area contributed by atoms with Crippen LogP contribution >= 0.6 is 0 Å². The van der Waals surface area contributed by atoms with E-state index in [2.05, 4.69) is 6.92 Å². The van der Waals surface area contributed by atoms with Crippen LogP contribution in [0.25, 0.3) is 0 Å². The van der Waals surface area contributed by atoms with E-state index < -0.39 is 10.8 Å². The summed E-state index contributed by atoms with van der Waals surface area (Å²) >= 11 is 0. The van der Waals surface area contributed by atoms with Crippen LogP contribution in [0.15, 0.2) is 24.3 Å². The highest BCUT2D eigenvalue weighted by Crippen LogP contribution is 2.16. The summed E-state index contributed by atoms with van der Waals surface area (Å²) in [7, 11) is 0.820. The monoisotopic (exact) mass is 255 g/mol. The SMILES string of the molecule is CCCCS(=O)CC(N)c1ccc(OC)cc1. The van der Waals surface area contributed by atoms with Crippen LogP contribution in [0, 0.1) is 0 Å². The first kappa shape index (κ1) is 14.2. The smallest absolute Gasteiger partial charge is 0.118 e. The number of unbranched alkanes of at least 4 members (excludes halogenated alkanes) is 1. The lowest BCUT2D eigenvalue weighted by atomic mass is 10.1. The Morgan fingerprint density at radius 2 is 2.00 bits per heavy atom. The molecule has 3 nitrogen and oxygen atoms in total. The Morgan fingerprint density at radius 3 is 2.53 bits per heavy atom. The molecule has 0 aromatic heterocycles. The van der Waals surface area contributed by atoms with E-state index in [1.807, 2.05) is 24.3 Å². The Labute approximate surface area is 106 Å². The highest BCUT2D eigenvalue weighted by atomic mass is 32.2. The molecule has 0 radical (unpaired) electrons. The second-order valence-electron chi connectivity index (χ2n) is 4.04. The van der Waals surface area contributed by atoms with Gasteiger partial charge < -0.3 is 10.5 Å². The molecule has 2 atom stereocenters. The van der Waals surface area contributed by atoms with E-state index >= 15 is 0 Å². The van der Waals surface area contributed by atoms with Crippen molar-refractivity contribution in [2.24, 2.45) is 5.73 Å². The van der Waals surface area contributed by atoms with Gasteiger partial charge in [-0.25, -0.2) is 0 Å². The summed E-state index contributed by atoms with van der Waals surface area (Å²) in [4.78, 5) is 0. The molecule has 17 heavy (non-hydrogen) atoms. The van der Waals surface area contributed by atoms with Gasteiger partial charge in [-0.2, -0.15) is 0 Å². The Morgan fingerprint density at radius 1 is 1.35 bits per heavy atom. The molecule has 2 N–H and O–H groups in total. The van der Waals surface area contributed by atoms with E-state index in [1.54, 1.807) is 7.11 Å². The van der Waals surface area contributed by atoms with Crippen LogP contribution in [-0.2, 0) is 10.8 Å². The molecule has 1 rings (SSSR count). The van der Waals surface area contributed by atoms with Crippen LogP contribution in [0.3, 0.4) is 0 Å². The maximum Gasteiger partial charge on any atom is 0.118 e. The fraction of sp³-hybridized carbons (Fsp3) is 0.538. The molecule has 0 aliphatic carbocycles. The summed E-state index contributed by atoms with van der Waals surface area (Å²) in [5, 5.41) is 0. The average molecular weight is 255 g/mol. The van der Waals surface area contributed by atoms with Crippen molar-refractivity contribution in [3.8, 4) is 5.75 Å². The normalized spacial score (nSPS) is 14.3. The lowest BCUT2D eigenvalue weighted by Gasteiger charge is -2.12. The zero-order chi connectivity index (χ0) is 12.7. The maximum absolute atomic E-state index is 11.7.